The lowest BCUT2D eigenvalue weighted by Gasteiger charge is -2.25. The van der Waals surface area contributed by atoms with Gasteiger partial charge >= 0.3 is 7.12 Å². The number of aryl methyl sites for hydroxylation is 1. The maximum Gasteiger partial charge on any atom is 0.454 e. The molecule has 2 rings (SSSR count). The minimum atomic E-state index is -1.69. The Hall–Kier alpha value is -3.75. The zero-order valence-corrected chi connectivity index (χ0v) is 31.2. The van der Waals surface area contributed by atoms with E-state index in [0.29, 0.717) is 31.4 Å². The number of benzene rings is 2. The third-order valence-corrected chi connectivity index (χ3v) is 9.40. The molecule has 0 spiro atoms. The third kappa shape index (κ3) is 14.7. The van der Waals surface area contributed by atoms with Crippen LogP contribution in [0.15, 0.2) is 48.5 Å². The second kappa shape index (κ2) is 23.0. The summed E-state index contributed by atoms with van der Waals surface area (Å²) >= 11 is 0. The molecule has 0 aliphatic rings. The van der Waals surface area contributed by atoms with Crippen LogP contribution < -0.4 is 22.1 Å². The summed E-state index contributed by atoms with van der Waals surface area (Å²) in [5, 5.41) is 34.6. The van der Waals surface area contributed by atoms with Crippen molar-refractivity contribution in [2.45, 2.75) is 116 Å². The van der Waals surface area contributed by atoms with E-state index in [2.05, 4.69) is 41.8 Å². The number of nitrogens with two attached hydrogens (primary N) is 2. The summed E-state index contributed by atoms with van der Waals surface area (Å²) in [6.45, 7) is 7.03. The topological polar surface area (TPSA) is 222 Å². The van der Waals surface area contributed by atoms with Crippen molar-refractivity contribution in [2.75, 3.05) is 13.1 Å². The van der Waals surface area contributed by atoms with Crippen molar-refractivity contribution in [3.05, 3.63) is 59.7 Å². The van der Waals surface area contributed by atoms with Gasteiger partial charge in [-0.15, -0.1) is 0 Å². The number of carbonyl (C=O) groups is 5. The van der Waals surface area contributed by atoms with Crippen LogP contribution in [-0.2, 0) is 25.6 Å². The molecule has 2 aromatic rings. The quantitative estimate of drug-likeness (QED) is 0.0451. The maximum atomic E-state index is 13.4. The fourth-order valence-corrected chi connectivity index (χ4v) is 5.91. The fourth-order valence-electron chi connectivity index (χ4n) is 5.91. The third-order valence-electron chi connectivity index (χ3n) is 9.40. The van der Waals surface area contributed by atoms with Crippen LogP contribution in [0.25, 0.3) is 11.1 Å². The number of hydrogen-bond acceptors (Lipinski definition) is 10. The molecule has 286 valence electrons. The Bertz CT molecular complexity index is 1430. The monoisotopic (exact) mass is 722 g/mol. The van der Waals surface area contributed by atoms with E-state index >= 15 is 0 Å². The summed E-state index contributed by atoms with van der Waals surface area (Å²) in [6.07, 6.45) is 2.98. The number of aliphatic hydroxyl groups excluding tert-OH is 1. The van der Waals surface area contributed by atoms with Gasteiger partial charge in [0.05, 0.1) is 12.1 Å². The first-order valence-electron chi connectivity index (χ1n) is 18.5. The molecule has 0 aromatic heterocycles. The lowest BCUT2D eigenvalue weighted by atomic mass is 9.71. The summed E-state index contributed by atoms with van der Waals surface area (Å²) < 4.78 is 0. The number of unbranched alkanes of at least 4 members (excludes halogenated alkanes) is 2. The van der Waals surface area contributed by atoms with Gasteiger partial charge in [-0.05, 0) is 81.0 Å². The highest BCUT2D eigenvalue weighted by Crippen LogP contribution is 2.23. The number of Topliss-reactive ketones (excluding diaryl/α,β-unsaturated/α-hetero) is 3. The molecule has 0 heterocycles. The SMILES string of the molecule is CCCCc1ccc(-c2ccc(C(=O)C[C@@H](CCN)C(=O)N[C@H](C(=O)C[C@@H](C)C(=O)N[C@@H](CCCCN)C(=O)C[C@@H](C)B(O)O)[C@@H](C)O)cc2)cc1. The minimum absolute atomic E-state index is 0.115. The molecule has 0 fully saturated rings. The Morgan fingerprint density at radius 1 is 0.731 bits per heavy atom. The van der Waals surface area contributed by atoms with E-state index in [4.69, 9.17) is 11.5 Å². The molecule has 0 unspecified atom stereocenters. The van der Waals surface area contributed by atoms with Crippen LogP contribution in [0.2, 0.25) is 5.82 Å². The van der Waals surface area contributed by atoms with Gasteiger partial charge in [0.2, 0.25) is 11.8 Å². The summed E-state index contributed by atoms with van der Waals surface area (Å²) in [7, 11) is -1.69. The standard InChI is InChI=1S/C39H59BN4O8/c1-5-6-9-28-11-13-29(14-12-28)30-15-17-31(18-16-30)34(46)24-32(19-21-42)39(50)44-37(27(4)45)36(48)22-25(2)38(49)43-33(10-7-8-20-41)35(47)23-26(3)40(51)52/h11-18,25-27,32-33,37,45,51-52H,5-10,19-24,41-42H2,1-4H3,(H,43,49)(H,44,50)/t25-,26-,27-,32-,33+,37+/m1/s1. The van der Waals surface area contributed by atoms with Gasteiger partial charge < -0.3 is 37.3 Å². The van der Waals surface area contributed by atoms with Gasteiger partial charge in [-0.25, -0.2) is 0 Å². The van der Waals surface area contributed by atoms with Gasteiger partial charge in [-0.3, -0.25) is 24.0 Å². The number of hydrogen-bond donors (Lipinski definition) is 7. The molecule has 6 atom stereocenters. The first-order chi connectivity index (χ1) is 24.7. The summed E-state index contributed by atoms with van der Waals surface area (Å²) in [4.78, 5) is 66.0. The number of carbonyl (C=O) groups excluding carboxylic acids is 5. The first kappa shape index (κ1) is 44.4. The largest absolute Gasteiger partial charge is 0.454 e. The Labute approximate surface area is 308 Å². The van der Waals surface area contributed by atoms with E-state index in [1.807, 2.05) is 12.1 Å². The van der Waals surface area contributed by atoms with Gasteiger partial charge in [0.15, 0.2) is 17.3 Å². The molecule has 52 heavy (non-hydrogen) atoms. The molecule has 0 saturated carbocycles. The summed E-state index contributed by atoms with van der Waals surface area (Å²) in [5.41, 5.74) is 15.1. The summed E-state index contributed by atoms with van der Waals surface area (Å²) in [5.74, 6) is -4.93. The van der Waals surface area contributed by atoms with Crippen molar-refractivity contribution in [3.8, 4) is 11.1 Å². The van der Waals surface area contributed by atoms with Crippen molar-refractivity contribution < 1.29 is 39.1 Å². The minimum Gasteiger partial charge on any atom is -0.427 e. The molecule has 2 amide bonds. The molecule has 0 aliphatic carbocycles. The number of nitrogens with one attached hydrogen (secondary N) is 2. The van der Waals surface area contributed by atoms with E-state index in [1.165, 1.54) is 26.3 Å². The second-order valence-corrected chi connectivity index (χ2v) is 14.0. The van der Waals surface area contributed by atoms with E-state index in [0.717, 1.165) is 30.4 Å². The maximum absolute atomic E-state index is 13.4. The first-order valence-corrected chi connectivity index (χ1v) is 18.5. The summed E-state index contributed by atoms with van der Waals surface area (Å²) in [6, 6.07) is 13.3. The zero-order chi connectivity index (χ0) is 38.8. The van der Waals surface area contributed by atoms with Gasteiger partial charge in [-0.1, -0.05) is 75.7 Å². The van der Waals surface area contributed by atoms with Crippen LogP contribution in [0.3, 0.4) is 0 Å². The van der Waals surface area contributed by atoms with Gasteiger partial charge in [0.25, 0.3) is 0 Å². The molecule has 2 aromatic carbocycles. The Balaban J connectivity index is 2.06. The molecule has 0 aliphatic heterocycles. The van der Waals surface area contributed by atoms with Crippen LogP contribution in [0.5, 0.6) is 0 Å². The molecular formula is C39H59BN4O8. The fraction of sp³-hybridized carbons (Fsp3) is 0.564. The van der Waals surface area contributed by atoms with E-state index in [9.17, 15) is 39.1 Å². The molecule has 9 N–H and O–H groups in total. The molecular weight excluding hydrogens is 663 g/mol. The number of aliphatic hydroxyl groups is 1. The van der Waals surface area contributed by atoms with Crippen LogP contribution >= 0.6 is 0 Å². The highest BCUT2D eigenvalue weighted by Gasteiger charge is 2.33. The van der Waals surface area contributed by atoms with Crippen LogP contribution in [0, 0.1) is 11.8 Å². The molecule has 13 heteroatoms. The Kier molecular flexibility index (Phi) is 19.7. The van der Waals surface area contributed by atoms with Crippen LogP contribution in [-0.4, -0.2) is 82.7 Å². The van der Waals surface area contributed by atoms with E-state index in [-0.39, 0.29) is 43.8 Å². The Morgan fingerprint density at radius 3 is 1.88 bits per heavy atom. The average Bonchev–Trinajstić information content (AvgIpc) is 3.12. The lowest BCUT2D eigenvalue weighted by Crippen LogP contribution is -2.51. The second-order valence-electron chi connectivity index (χ2n) is 14.0. The van der Waals surface area contributed by atoms with Crippen molar-refractivity contribution in [2.24, 2.45) is 23.3 Å². The number of amides is 2. The van der Waals surface area contributed by atoms with Crippen molar-refractivity contribution in [3.63, 3.8) is 0 Å². The van der Waals surface area contributed by atoms with Gasteiger partial charge in [-0.2, -0.15) is 0 Å². The van der Waals surface area contributed by atoms with Crippen molar-refractivity contribution in [1.29, 1.82) is 0 Å². The average molecular weight is 723 g/mol. The normalized spacial score (nSPS) is 14.7. The van der Waals surface area contributed by atoms with Gasteiger partial charge in [0.1, 0.15) is 6.04 Å². The predicted octanol–water partition coefficient (Wildman–Crippen LogP) is 3.13. The van der Waals surface area contributed by atoms with E-state index in [1.54, 1.807) is 12.1 Å². The lowest BCUT2D eigenvalue weighted by molar-refractivity contribution is -0.135. The number of ketones is 3. The molecule has 0 saturated heterocycles. The zero-order valence-electron chi connectivity index (χ0n) is 31.2. The highest BCUT2D eigenvalue weighted by molar-refractivity contribution is 6.43. The molecule has 12 nitrogen and oxygen atoms in total. The predicted molar refractivity (Wildman–Crippen MR) is 203 cm³/mol. The highest BCUT2D eigenvalue weighted by atomic mass is 16.4. The smallest absolute Gasteiger partial charge is 0.427 e. The van der Waals surface area contributed by atoms with E-state index < -0.39 is 60.6 Å². The van der Waals surface area contributed by atoms with Gasteiger partial charge in [0, 0.05) is 36.7 Å². The van der Waals surface area contributed by atoms with Crippen LogP contribution in [0.4, 0.5) is 0 Å². The van der Waals surface area contributed by atoms with Crippen molar-refractivity contribution >= 4 is 36.3 Å². The number of rotatable bonds is 25. The molecule has 0 radical (unpaired) electrons. The molecule has 0 bridgehead atoms. The Morgan fingerprint density at radius 2 is 1.35 bits per heavy atom. The van der Waals surface area contributed by atoms with Crippen molar-refractivity contribution in [1.82, 2.24) is 10.6 Å². The van der Waals surface area contributed by atoms with Crippen LogP contribution in [0.1, 0.15) is 101 Å².